The predicted octanol–water partition coefficient (Wildman–Crippen LogP) is 3.21. The highest BCUT2D eigenvalue weighted by Gasteiger charge is 2.49. The molecule has 0 spiro atoms. The molecule has 1 atom stereocenters. The van der Waals surface area contributed by atoms with Crippen molar-refractivity contribution in [3.63, 3.8) is 0 Å². The molecule has 0 unspecified atom stereocenters. The van der Waals surface area contributed by atoms with E-state index in [1.165, 1.54) is 13.3 Å². The zero-order valence-corrected chi connectivity index (χ0v) is 15.1. The summed E-state index contributed by atoms with van der Waals surface area (Å²) >= 11 is 0. The van der Waals surface area contributed by atoms with Crippen LogP contribution in [0, 0.1) is 6.92 Å². The van der Waals surface area contributed by atoms with Crippen molar-refractivity contribution in [2.75, 3.05) is 7.11 Å². The lowest BCUT2D eigenvalue weighted by Gasteiger charge is -2.37. The molecule has 0 amide bonds. The minimum absolute atomic E-state index is 0.0179. The van der Waals surface area contributed by atoms with Crippen LogP contribution in [0.2, 0.25) is 0 Å². The second-order valence-electron chi connectivity index (χ2n) is 5.99. The summed E-state index contributed by atoms with van der Waals surface area (Å²) in [5.74, 6) is -1.19. The first kappa shape index (κ1) is 18.5. The quantitative estimate of drug-likeness (QED) is 0.693. The van der Waals surface area contributed by atoms with E-state index in [2.05, 4.69) is 9.97 Å². The summed E-state index contributed by atoms with van der Waals surface area (Å²) in [6.07, 6.45) is 0.116. The molecule has 0 radical (unpaired) electrons. The van der Waals surface area contributed by atoms with Gasteiger partial charge in [0.15, 0.2) is 5.60 Å². The van der Waals surface area contributed by atoms with Crippen LogP contribution in [0.5, 0.6) is 6.01 Å². The number of ether oxygens (including phenoxy) is 2. The average molecular weight is 364 g/mol. The van der Waals surface area contributed by atoms with Crippen molar-refractivity contribution in [1.29, 1.82) is 0 Å². The van der Waals surface area contributed by atoms with Crippen LogP contribution in [-0.4, -0.2) is 34.3 Å². The van der Waals surface area contributed by atoms with Crippen LogP contribution in [0.15, 0.2) is 72.9 Å². The number of carboxylic acid groups (broad SMARTS) is 1. The first-order chi connectivity index (χ1) is 13.1. The van der Waals surface area contributed by atoms with Gasteiger partial charge in [-0.25, -0.2) is 14.8 Å². The highest BCUT2D eigenvalue weighted by Crippen LogP contribution is 2.38. The smallest absolute Gasteiger partial charge is 0.348 e. The molecule has 3 rings (SSSR count). The number of carboxylic acids is 1. The Morgan fingerprint density at radius 2 is 1.56 bits per heavy atom. The van der Waals surface area contributed by atoms with Crippen molar-refractivity contribution >= 4 is 5.97 Å². The van der Waals surface area contributed by atoms with Crippen LogP contribution in [0.1, 0.15) is 16.8 Å². The maximum atomic E-state index is 12.3. The summed E-state index contributed by atoms with van der Waals surface area (Å²) in [6, 6.07) is 20.0. The zero-order valence-electron chi connectivity index (χ0n) is 15.1. The summed E-state index contributed by atoms with van der Waals surface area (Å²) in [5, 5.41) is 10.0. The summed E-state index contributed by atoms with van der Waals surface area (Å²) in [5.41, 5.74) is 0.589. The number of methoxy groups -OCH3 is 1. The average Bonchev–Trinajstić information content (AvgIpc) is 2.70. The zero-order chi connectivity index (χ0) is 19.3. The van der Waals surface area contributed by atoms with Crippen LogP contribution >= 0.6 is 0 Å². The van der Waals surface area contributed by atoms with E-state index in [9.17, 15) is 9.90 Å². The van der Waals surface area contributed by atoms with Gasteiger partial charge in [-0.15, -0.1) is 0 Å². The molecule has 6 heteroatoms. The number of aliphatic carboxylic acids is 1. The SMILES string of the molecule is COC(c1ccccc1)(c1ccccc1)[C@H](Oc1nccc(C)n1)C(=O)O. The highest BCUT2D eigenvalue weighted by molar-refractivity contribution is 5.76. The molecule has 1 N–H and O–H groups in total. The minimum Gasteiger partial charge on any atom is -0.478 e. The van der Waals surface area contributed by atoms with Gasteiger partial charge in [0, 0.05) is 19.0 Å². The number of nitrogens with zero attached hydrogens (tertiary/aromatic N) is 2. The van der Waals surface area contributed by atoms with Crippen LogP contribution in [0.3, 0.4) is 0 Å². The topological polar surface area (TPSA) is 81.5 Å². The molecule has 0 aliphatic heterocycles. The molecule has 0 aliphatic rings. The Balaban J connectivity index is 2.18. The van der Waals surface area contributed by atoms with Crippen LogP contribution in [0.4, 0.5) is 0 Å². The largest absolute Gasteiger partial charge is 0.478 e. The molecule has 0 saturated carbocycles. The molecule has 1 aromatic heterocycles. The molecule has 27 heavy (non-hydrogen) atoms. The molecule has 138 valence electrons. The van der Waals surface area contributed by atoms with Crippen molar-refractivity contribution in [2.24, 2.45) is 0 Å². The maximum absolute atomic E-state index is 12.3. The number of rotatable bonds is 7. The first-order valence-corrected chi connectivity index (χ1v) is 8.43. The lowest BCUT2D eigenvalue weighted by Crippen LogP contribution is -2.50. The van der Waals surface area contributed by atoms with Gasteiger partial charge < -0.3 is 14.6 Å². The Hall–Kier alpha value is -3.25. The van der Waals surface area contributed by atoms with Gasteiger partial charge in [-0.3, -0.25) is 0 Å². The normalized spacial score (nSPS) is 12.4. The molecular formula is C21H20N2O4. The summed E-state index contributed by atoms with van der Waals surface area (Å²) in [6.45, 7) is 1.78. The van der Waals surface area contributed by atoms with Crippen LogP contribution in [-0.2, 0) is 15.1 Å². The van der Waals surface area contributed by atoms with E-state index in [-0.39, 0.29) is 6.01 Å². The fraction of sp³-hybridized carbons (Fsp3) is 0.190. The van der Waals surface area contributed by atoms with Crippen molar-refractivity contribution in [3.05, 3.63) is 89.7 Å². The standard InChI is InChI=1S/C21H20N2O4/c1-15-13-14-22-20(23-15)27-18(19(24)25)21(26-2,16-9-5-3-6-10-16)17-11-7-4-8-12-17/h3-14,18H,1-2H3,(H,24,25)/t18-/m1/s1. The summed E-state index contributed by atoms with van der Waals surface area (Å²) in [4.78, 5) is 20.5. The monoisotopic (exact) mass is 364 g/mol. The van der Waals surface area contributed by atoms with Gasteiger partial charge in [-0.05, 0) is 24.1 Å². The molecule has 1 heterocycles. The Bertz CT molecular complexity index is 861. The van der Waals surface area contributed by atoms with Gasteiger partial charge in [0.25, 0.3) is 0 Å². The second kappa shape index (κ2) is 7.97. The van der Waals surface area contributed by atoms with Gasteiger partial charge in [0.05, 0.1) is 0 Å². The number of aromatic nitrogens is 2. The fourth-order valence-electron chi connectivity index (χ4n) is 3.08. The van der Waals surface area contributed by atoms with Crippen LogP contribution in [0.25, 0.3) is 0 Å². The predicted molar refractivity (Wildman–Crippen MR) is 99.5 cm³/mol. The minimum atomic E-state index is -1.41. The van der Waals surface area contributed by atoms with Crippen molar-refractivity contribution in [3.8, 4) is 6.01 Å². The van der Waals surface area contributed by atoms with E-state index in [0.717, 1.165) is 0 Å². The fourth-order valence-corrected chi connectivity index (χ4v) is 3.08. The summed E-state index contributed by atoms with van der Waals surface area (Å²) < 4.78 is 11.6. The lowest BCUT2D eigenvalue weighted by molar-refractivity contribution is -0.160. The second-order valence-corrected chi connectivity index (χ2v) is 5.99. The third-order valence-electron chi connectivity index (χ3n) is 4.32. The van der Waals surface area contributed by atoms with E-state index in [1.54, 1.807) is 13.0 Å². The first-order valence-electron chi connectivity index (χ1n) is 8.43. The van der Waals surface area contributed by atoms with E-state index in [1.807, 2.05) is 60.7 Å². The number of carbonyl (C=O) groups is 1. The van der Waals surface area contributed by atoms with Crippen LogP contribution < -0.4 is 4.74 Å². The third kappa shape index (κ3) is 3.66. The van der Waals surface area contributed by atoms with Gasteiger partial charge in [-0.2, -0.15) is 0 Å². The molecule has 0 fully saturated rings. The Morgan fingerprint density at radius 3 is 2.00 bits per heavy atom. The molecule has 6 nitrogen and oxygen atoms in total. The van der Waals surface area contributed by atoms with E-state index < -0.39 is 17.7 Å². The van der Waals surface area contributed by atoms with E-state index in [0.29, 0.717) is 16.8 Å². The van der Waals surface area contributed by atoms with Gasteiger partial charge in [-0.1, -0.05) is 60.7 Å². The molecule has 0 aliphatic carbocycles. The molecule has 2 aromatic carbocycles. The third-order valence-corrected chi connectivity index (χ3v) is 4.32. The number of hydrogen-bond donors (Lipinski definition) is 1. The van der Waals surface area contributed by atoms with Crippen molar-refractivity contribution < 1.29 is 19.4 Å². The van der Waals surface area contributed by atoms with Crippen molar-refractivity contribution in [1.82, 2.24) is 9.97 Å². The molecule has 0 saturated heterocycles. The summed E-state index contributed by atoms with van der Waals surface area (Å²) in [7, 11) is 1.47. The van der Waals surface area contributed by atoms with Gasteiger partial charge >= 0.3 is 12.0 Å². The van der Waals surface area contributed by atoms with E-state index >= 15 is 0 Å². The molecule has 0 bridgehead atoms. The van der Waals surface area contributed by atoms with Gasteiger partial charge in [0.2, 0.25) is 6.10 Å². The lowest BCUT2D eigenvalue weighted by atomic mass is 9.81. The number of aryl methyl sites for hydroxylation is 1. The molecule has 3 aromatic rings. The van der Waals surface area contributed by atoms with Gasteiger partial charge in [0.1, 0.15) is 0 Å². The Morgan fingerprint density at radius 1 is 1.00 bits per heavy atom. The Labute approximate surface area is 157 Å². The highest BCUT2D eigenvalue weighted by atomic mass is 16.6. The van der Waals surface area contributed by atoms with E-state index in [4.69, 9.17) is 9.47 Å². The molecular weight excluding hydrogens is 344 g/mol. The number of benzene rings is 2. The van der Waals surface area contributed by atoms with Crippen molar-refractivity contribution in [2.45, 2.75) is 18.6 Å². The Kier molecular flexibility index (Phi) is 5.47. The maximum Gasteiger partial charge on any atom is 0.348 e. The number of hydrogen-bond acceptors (Lipinski definition) is 5.